The predicted molar refractivity (Wildman–Crippen MR) is 37.7 cm³/mol. The Bertz CT molecular complexity index is 209. The third kappa shape index (κ3) is 0.692. The Hall–Kier alpha value is -0.570. The SMILES string of the molecule is CC1(C)[C@H]2[C@H](CO)OC(=O)[C@H]21. The first-order valence-corrected chi connectivity index (χ1v) is 3.90. The molecule has 3 atom stereocenters. The Morgan fingerprint density at radius 3 is 2.55 bits per heavy atom. The summed E-state index contributed by atoms with van der Waals surface area (Å²) in [5.41, 5.74) is 0.0722. The summed E-state index contributed by atoms with van der Waals surface area (Å²) in [4.78, 5) is 11.1. The normalized spacial score (nSPS) is 45.0. The molecular weight excluding hydrogens is 144 g/mol. The molecule has 1 aliphatic carbocycles. The van der Waals surface area contributed by atoms with Crippen LogP contribution in [0, 0.1) is 17.3 Å². The first-order valence-electron chi connectivity index (χ1n) is 3.90. The lowest BCUT2D eigenvalue weighted by Gasteiger charge is -2.14. The van der Waals surface area contributed by atoms with Crippen molar-refractivity contribution in [3.8, 4) is 0 Å². The van der Waals surface area contributed by atoms with Crippen LogP contribution in [-0.2, 0) is 9.53 Å². The number of ether oxygens (including phenoxy) is 1. The molecule has 1 saturated heterocycles. The van der Waals surface area contributed by atoms with Gasteiger partial charge in [-0.1, -0.05) is 13.8 Å². The standard InChI is InChI=1S/C8H12O3/c1-8(2)5-4(3-9)11-7(10)6(5)8/h4-6,9H,3H2,1-2H3/t4-,5-,6-/m0/s1. The Morgan fingerprint density at radius 2 is 2.27 bits per heavy atom. The third-order valence-electron chi connectivity index (χ3n) is 3.01. The minimum absolute atomic E-state index is 0.0314. The van der Waals surface area contributed by atoms with Crippen molar-refractivity contribution in [1.82, 2.24) is 0 Å². The number of aliphatic hydroxyl groups excluding tert-OH is 1. The molecule has 1 N–H and O–H groups in total. The van der Waals surface area contributed by atoms with Crippen LogP contribution in [0.1, 0.15) is 13.8 Å². The summed E-state index contributed by atoms with van der Waals surface area (Å²) in [6.07, 6.45) is -0.234. The molecule has 11 heavy (non-hydrogen) atoms. The van der Waals surface area contributed by atoms with Crippen molar-refractivity contribution < 1.29 is 14.6 Å². The van der Waals surface area contributed by atoms with Gasteiger partial charge in [0, 0.05) is 5.92 Å². The fourth-order valence-electron chi connectivity index (χ4n) is 2.27. The molecule has 0 bridgehead atoms. The Morgan fingerprint density at radius 1 is 1.64 bits per heavy atom. The maximum Gasteiger partial charge on any atom is 0.310 e. The molecule has 2 fully saturated rings. The molecule has 0 aromatic rings. The Kier molecular flexibility index (Phi) is 1.15. The molecule has 3 heteroatoms. The van der Waals surface area contributed by atoms with Crippen molar-refractivity contribution >= 4 is 5.97 Å². The third-order valence-corrected chi connectivity index (χ3v) is 3.01. The van der Waals surface area contributed by atoms with Crippen LogP contribution in [-0.4, -0.2) is 23.8 Å². The highest BCUT2D eigenvalue weighted by Gasteiger charge is 2.70. The Balaban J connectivity index is 2.19. The second kappa shape index (κ2) is 1.78. The van der Waals surface area contributed by atoms with Crippen LogP contribution in [0.15, 0.2) is 0 Å². The number of carbonyl (C=O) groups excluding carboxylic acids is 1. The van der Waals surface area contributed by atoms with Crippen LogP contribution >= 0.6 is 0 Å². The number of aliphatic hydroxyl groups is 1. The monoisotopic (exact) mass is 156 g/mol. The molecule has 2 aliphatic rings. The molecule has 1 heterocycles. The van der Waals surface area contributed by atoms with E-state index in [1.54, 1.807) is 0 Å². The zero-order chi connectivity index (χ0) is 8.22. The first kappa shape index (κ1) is 7.10. The van der Waals surface area contributed by atoms with E-state index in [1.165, 1.54) is 0 Å². The van der Waals surface area contributed by atoms with Gasteiger partial charge in [0.1, 0.15) is 6.10 Å². The van der Waals surface area contributed by atoms with Gasteiger partial charge in [-0.15, -0.1) is 0 Å². The molecule has 1 aliphatic heterocycles. The van der Waals surface area contributed by atoms with E-state index in [4.69, 9.17) is 9.84 Å². The van der Waals surface area contributed by atoms with Crippen molar-refractivity contribution in [2.45, 2.75) is 20.0 Å². The predicted octanol–water partition coefficient (Wildman–Crippen LogP) is 0.176. The van der Waals surface area contributed by atoms with Crippen LogP contribution in [0.3, 0.4) is 0 Å². The second-order valence-electron chi connectivity index (χ2n) is 3.98. The zero-order valence-corrected chi connectivity index (χ0v) is 6.70. The first-order chi connectivity index (χ1) is 5.09. The lowest BCUT2D eigenvalue weighted by atomic mass is 10.1. The highest BCUT2D eigenvalue weighted by Crippen LogP contribution is 2.64. The second-order valence-corrected chi connectivity index (χ2v) is 3.98. The van der Waals surface area contributed by atoms with Gasteiger partial charge in [-0.25, -0.2) is 0 Å². The van der Waals surface area contributed by atoms with Gasteiger partial charge >= 0.3 is 5.97 Å². The van der Waals surface area contributed by atoms with E-state index in [2.05, 4.69) is 0 Å². The van der Waals surface area contributed by atoms with Crippen molar-refractivity contribution in [3.05, 3.63) is 0 Å². The molecule has 62 valence electrons. The molecule has 3 nitrogen and oxygen atoms in total. The fraction of sp³-hybridized carbons (Fsp3) is 0.875. The highest BCUT2D eigenvalue weighted by molar-refractivity contribution is 5.80. The molecular formula is C8H12O3. The highest BCUT2D eigenvalue weighted by atomic mass is 16.6. The van der Waals surface area contributed by atoms with Crippen LogP contribution < -0.4 is 0 Å². The van der Waals surface area contributed by atoms with Gasteiger partial charge in [0.2, 0.25) is 0 Å². The number of cyclic esters (lactones) is 1. The maximum atomic E-state index is 11.1. The fourth-order valence-corrected chi connectivity index (χ4v) is 2.27. The number of hydrogen-bond acceptors (Lipinski definition) is 3. The maximum absolute atomic E-state index is 11.1. The van der Waals surface area contributed by atoms with E-state index in [1.807, 2.05) is 13.8 Å². The number of hydrogen-bond donors (Lipinski definition) is 1. The lowest BCUT2D eigenvalue weighted by molar-refractivity contribution is -0.148. The number of fused-ring (bicyclic) bond motifs is 1. The van der Waals surface area contributed by atoms with Crippen molar-refractivity contribution in [2.75, 3.05) is 6.61 Å². The van der Waals surface area contributed by atoms with E-state index in [9.17, 15) is 4.79 Å². The quantitative estimate of drug-likeness (QED) is 0.551. The number of esters is 1. The molecule has 1 saturated carbocycles. The van der Waals surface area contributed by atoms with Crippen LogP contribution in [0.2, 0.25) is 0 Å². The molecule has 0 radical (unpaired) electrons. The van der Waals surface area contributed by atoms with Gasteiger partial charge in [0.25, 0.3) is 0 Å². The van der Waals surface area contributed by atoms with Crippen LogP contribution in [0.5, 0.6) is 0 Å². The van der Waals surface area contributed by atoms with Crippen molar-refractivity contribution in [2.24, 2.45) is 17.3 Å². The molecule has 0 spiro atoms. The van der Waals surface area contributed by atoms with Gasteiger partial charge < -0.3 is 9.84 Å². The van der Waals surface area contributed by atoms with Crippen LogP contribution in [0.4, 0.5) is 0 Å². The van der Waals surface area contributed by atoms with E-state index >= 15 is 0 Å². The summed E-state index contributed by atoms with van der Waals surface area (Å²) in [5, 5.41) is 8.84. The smallest absolute Gasteiger partial charge is 0.310 e. The summed E-state index contributed by atoms with van der Waals surface area (Å²) in [6, 6.07) is 0. The van der Waals surface area contributed by atoms with Crippen molar-refractivity contribution in [1.29, 1.82) is 0 Å². The molecule has 0 aromatic carbocycles. The number of carbonyl (C=O) groups is 1. The van der Waals surface area contributed by atoms with Crippen LogP contribution in [0.25, 0.3) is 0 Å². The van der Waals surface area contributed by atoms with E-state index < -0.39 is 0 Å². The van der Waals surface area contributed by atoms with E-state index in [0.717, 1.165) is 0 Å². The molecule has 2 rings (SSSR count). The summed E-state index contributed by atoms with van der Waals surface area (Å²) in [5.74, 6) is 0.193. The minimum atomic E-state index is -0.234. The average molecular weight is 156 g/mol. The van der Waals surface area contributed by atoms with Gasteiger partial charge in [-0.3, -0.25) is 4.79 Å². The van der Waals surface area contributed by atoms with Gasteiger partial charge in [-0.2, -0.15) is 0 Å². The molecule has 0 unspecified atom stereocenters. The Labute approximate surface area is 65.4 Å². The molecule has 0 aromatic heterocycles. The van der Waals surface area contributed by atoms with E-state index in [0.29, 0.717) is 0 Å². The molecule has 0 amide bonds. The summed E-state index contributed by atoms with van der Waals surface area (Å²) >= 11 is 0. The minimum Gasteiger partial charge on any atom is -0.459 e. The lowest BCUT2D eigenvalue weighted by Crippen LogP contribution is -2.22. The topological polar surface area (TPSA) is 46.5 Å². The summed E-state index contributed by atoms with van der Waals surface area (Å²) < 4.78 is 4.92. The van der Waals surface area contributed by atoms with Gasteiger partial charge in [0.15, 0.2) is 0 Å². The van der Waals surface area contributed by atoms with E-state index in [-0.39, 0.29) is 35.9 Å². The van der Waals surface area contributed by atoms with Gasteiger partial charge in [-0.05, 0) is 5.41 Å². The largest absolute Gasteiger partial charge is 0.459 e. The number of rotatable bonds is 1. The zero-order valence-electron chi connectivity index (χ0n) is 6.70. The summed E-state index contributed by atoms with van der Waals surface area (Å²) in [6.45, 7) is 4.06. The van der Waals surface area contributed by atoms with Crippen molar-refractivity contribution in [3.63, 3.8) is 0 Å². The summed E-state index contributed by atoms with van der Waals surface area (Å²) in [7, 11) is 0. The van der Waals surface area contributed by atoms with Gasteiger partial charge in [0.05, 0.1) is 12.5 Å². The average Bonchev–Trinajstić information content (AvgIpc) is 2.37.